The molecular weight excluding hydrogens is 362 g/mol. The molecule has 0 fully saturated rings. The Kier molecular flexibility index (Phi) is 4.37. The molecule has 0 saturated carbocycles. The van der Waals surface area contributed by atoms with Crippen molar-refractivity contribution in [2.75, 3.05) is 5.32 Å². The zero-order valence-electron chi connectivity index (χ0n) is 14.6. The number of benzene rings is 2. The summed E-state index contributed by atoms with van der Waals surface area (Å²) in [5.74, 6) is -1.31. The molecule has 27 heavy (non-hydrogen) atoms. The number of aromatic nitrogens is 2. The topological polar surface area (TPSA) is 84.2 Å². The van der Waals surface area contributed by atoms with E-state index in [1.165, 1.54) is 11.3 Å². The van der Waals surface area contributed by atoms with E-state index in [0.29, 0.717) is 17.2 Å². The summed E-state index contributed by atoms with van der Waals surface area (Å²) < 4.78 is 2.72. The predicted molar refractivity (Wildman–Crippen MR) is 107 cm³/mol. The summed E-state index contributed by atoms with van der Waals surface area (Å²) >= 11 is 1.40. The summed E-state index contributed by atoms with van der Waals surface area (Å²) in [6.45, 7) is 2.41. The highest BCUT2D eigenvalue weighted by molar-refractivity contribution is 7.22. The molecule has 0 spiro atoms. The van der Waals surface area contributed by atoms with E-state index in [-0.39, 0.29) is 18.0 Å². The van der Waals surface area contributed by atoms with Crippen molar-refractivity contribution < 1.29 is 14.7 Å². The van der Waals surface area contributed by atoms with E-state index in [4.69, 9.17) is 0 Å². The van der Waals surface area contributed by atoms with E-state index in [1.54, 1.807) is 4.57 Å². The second-order valence-electron chi connectivity index (χ2n) is 6.11. The number of fused-ring (bicyclic) bond motifs is 2. The van der Waals surface area contributed by atoms with Crippen LogP contribution in [0, 0.1) is 0 Å². The molecule has 2 aromatic heterocycles. The molecule has 0 aliphatic carbocycles. The number of aromatic carboxylic acids is 1. The Balaban J connectivity index is 1.69. The number of thiazole rings is 1. The van der Waals surface area contributed by atoms with Gasteiger partial charge >= 0.3 is 5.97 Å². The minimum absolute atomic E-state index is 0.0227. The Morgan fingerprint density at radius 3 is 2.63 bits per heavy atom. The second-order valence-corrected chi connectivity index (χ2v) is 7.14. The monoisotopic (exact) mass is 379 g/mol. The van der Waals surface area contributed by atoms with Gasteiger partial charge in [0.15, 0.2) is 5.13 Å². The minimum atomic E-state index is -1.03. The van der Waals surface area contributed by atoms with Gasteiger partial charge in [-0.05, 0) is 25.1 Å². The first-order valence-electron chi connectivity index (χ1n) is 8.57. The number of hydrogen-bond donors (Lipinski definition) is 2. The standard InChI is InChI=1S/C20H17N3O3S/c1-2-23-15-9-5-3-7-12(15)13(18(23)19(25)26)11-17(24)22-20-21-14-8-4-6-10-16(14)27-20/h3-10H,2,11H2,1H3,(H,25,26)(H,21,22,24). The average Bonchev–Trinajstić information content (AvgIpc) is 3.20. The fourth-order valence-corrected chi connectivity index (χ4v) is 4.26. The number of carboxylic acids is 1. The number of amides is 1. The van der Waals surface area contributed by atoms with Crippen molar-refractivity contribution in [3.05, 3.63) is 59.8 Å². The number of para-hydroxylation sites is 2. The summed E-state index contributed by atoms with van der Waals surface area (Å²) in [4.78, 5) is 28.9. The van der Waals surface area contributed by atoms with Crippen molar-refractivity contribution in [3.8, 4) is 0 Å². The smallest absolute Gasteiger partial charge is 0.352 e. The second kappa shape index (κ2) is 6.85. The third-order valence-electron chi connectivity index (χ3n) is 4.47. The van der Waals surface area contributed by atoms with Crippen LogP contribution < -0.4 is 5.32 Å². The van der Waals surface area contributed by atoms with Crippen LogP contribution in [0.5, 0.6) is 0 Å². The van der Waals surface area contributed by atoms with Crippen LogP contribution in [0.4, 0.5) is 5.13 Å². The zero-order valence-corrected chi connectivity index (χ0v) is 15.4. The number of aryl methyl sites for hydroxylation is 1. The number of nitrogens with zero attached hydrogens (tertiary/aromatic N) is 2. The molecule has 6 nitrogen and oxygen atoms in total. The lowest BCUT2D eigenvalue weighted by Crippen LogP contribution is -2.17. The number of carbonyl (C=O) groups excluding carboxylic acids is 1. The first kappa shape index (κ1) is 17.2. The molecule has 0 unspecified atom stereocenters. The number of rotatable bonds is 5. The van der Waals surface area contributed by atoms with Crippen LogP contribution >= 0.6 is 11.3 Å². The van der Waals surface area contributed by atoms with Crippen molar-refractivity contribution in [1.82, 2.24) is 9.55 Å². The quantitative estimate of drug-likeness (QED) is 0.546. The van der Waals surface area contributed by atoms with Crippen LogP contribution in [-0.2, 0) is 17.8 Å². The molecule has 1 amide bonds. The van der Waals surface area contributed by atoms with Crippen LogP contribution in [0.1, 0.15) is 23.0 Å². The maximum Gasteiger partial charge on any atom is 0.352 e. The highest BCUT2D eigenvalue weighted by Crippen LogP contribution is 2.29. The summed E-state index contributed by atoms with van der Waals surface area (Å²) in [6, 6.07) is 15.1. The van der Waals surface area contributed by atoms with Crippen molar-refractivity contribution in [1.29, 1.82) is 0 Å². The lowest BCUT2D eigenvalue weighted by molar-refractivity contribution is -0.115. The number of hydrogen-bond acceptors (Lipinski definition) is 4. The van der Waals surface area contributed by atoms with Gasteiger partial charge < -0.3 is 15.0 Å². The van der Waals surface area contributed by atoms with Gasteiger partial charge in [-0.2, -0.15) is 0 Å². The van der Waals surface area contributed by atoms with Crippen LogP contribution in [0.15, 0.2) is 48.5 Å². The Labute approximate surface area is 159 Å². The van der Waals surface area contributed by atoms with Gasteiger partial charge in [0.2, 0.25) is 5.91 Å². The molecule has 2 N–H and O–H groups in total. The van der Waals surface area contributed by atoms with Gasteiger partial charge in [-0.25, -0.2) is 9.78 Å². The van der Waals surface area contributed by atoms with Crippen molar-refractivity contribution in [3.63, 3.8) is 0 Å². The van der Waals surface area contributed by atoms with Gasteiger partial charge in [0, 0.05) is 23.0 Å². The van der Waals surface area contributed by atoms with Crippen LogP contribution in [0.3, 0.4) is 0 Å². The fourth-order valence-electron chi connectivity index (χ4n) is 3.38. The predicted octanol–water partition coefficient (Wildman–Crippen LogP) is 4.15. The van der Waals surface area contributed by atoms with E-state index >= 15 is 0 Å². The Morgan fingerprint density at radius 1 is 1.15 bits per heavy atom. The molecule has 0 aliphatic rings. The first-order valence-corrected chi connectivity index (χ1v) is 9.39. The minimum Gasteiger partial charge on any atom is -0.477 e. The van der Waals surface area contributed by atoms with E-state index < -0.39 is 5.97 Å². The highest BCUT2D eigenvalue weighted by atomic mass is 32.1. The van der Waals surface area contributed by atoms with Crippen molar-refractivity contribution in [2.24, 2.45) is 0 Å². The van der Waals surface area contributed by atoms with E-state index in [2.05, 4.69) is 10.3 Å². The van der Waals surface area contributed by atoms with Gasteiger partial charge in [0.25, 0.3) is 0 Å². The third kappa shape index (κ3) is 3.06. The van der Waals surface area contributed by atoms with Gasteiger partial charge in [-0.3, -0.25) is 4.79 Å². The summed E-state index contributed by atoms with van der Waals surface area (Å²) in [7, 11) is 0. The summed E-state index contributed by atoms with van der Waals surface area (Å²) in [5.41, 5.74) is 2.34. The molecule has 2 heterocycles. The summed E-state index contributed by atoms with van der Waals surface area (Å²) in [5, 5.41) is 13.8. The third-order valence-corrected chi connectivity index (χ3v) is 5.42. The Morgan fingerprint density at radius 2 is 1.89 bits per heavy atom. The number of carbonyl (C=O) groups is 2. The number of anilines is 1. The molecule has 0 saturated heterocycles. The molecular formula is C20H17N3O3S. The molecule has 0 atom stereocenters. The molecule has 0 radical (unpaired) electrons. The maximum absolute atomic E-state index is 12.6. The molecule has 7 heteroatoms. The summed E-state index contributed by atoms with van der Waals surface area (Å²) in [6.07, 6.45) is -0.0227. The van der Waals surface area contributed by atoms with E-state index in [0.717, 1.165) is 21.1 Å². The van der Waals surface area contributed by atoms with Gasteiger partial charge in [0.1, 0.15) is 5.69 Å². The van der Waals surface area contributed by atoms with Gasteiger partial charge in [-0.1, -0.05) is 41.7 Å². The van der Waals surface area contributed by atoms with Crippen LogP contribution in [0.25, 0.3) is 21.1 Å². The molecule has 4 rings (SSSR count). The van der Waals surface area contributed by atoms with E-state index in [1.807, 2.05) is 55.5 Å². The fraction of sp³-hybridized carbons (Fsp3) is 0.150. The number of nitrogens with one attached hydrogen (secondary N) is 1. The van der Waals surface area contributed by atoms with Crippen molar-refractivity contribution in [2.45, 2.75) is 19.9 Å². The highest BCUT2D eigenvalue weighted by Gasteiger charge is 2.23. The number of carboxylic acid groups (broad SMARTS) is 1. The molecule has 4 aromatic rings. The largest absolute Gasteiger partial charge is 0.477 e. The van der Waals surface area contributed by atoms with Gasteiger partial charge in [0.05, 0.1) is 16.6 Å². The zero-order chi connectivity index (χ0) is 19.0. The first-order chi connectivity index (χ1) is 13.1. The van der Waals surface area contributed by atoms with Crippen LogP contribution in [0.2, 0.25) is 0 Å². The van der Waals surface area contributed by atoms with Crippen molar-refractivity contribution >= 4 is 49.5 Å². The van der Waals surface area contributed by atoms with Crippen LogP contribution in [-0.4, -0.2) is 26.5 Å². The van der Waals surface area contributed by atoms with Gasteiger partial charge in [-0.15, -0.1) is 0 Å². The maximum atomic E-state index is 12.6. The Bertz CT molecular complexity index is 1140. The average molecular weight is 379 g/mol. The normalized spacial score (nSPS) is 11.1. The lowest BCUT2D eigenvalue weighted by Gasteiger charge is -2.06. The lowest BCUT2D eigenvalue weighted by atomic mass is 10.1. The molecule has 2 aromatic carbocycles. The Hall–Kier alpha value is -3.19. The van der Waals surface area contributed by atoms with E-state index in [9.17, 15) is 14.7 Å². The molecule has 0 aliphatic heterocycles. The SMILES string of the molecule is CCn1c(C(=O)O)c(CC(=O)Nc2nc3ccccc3s2)c2ccccc21. The molecule has 0 bridgehead atoms. The molecule has 136 valence electrons.